The molecule has 3 N–H and O–H groups in total. The van der Waals surface area contributed by atoms with Crippen molar-refractivity contribution in [1.82, 2.24) is 5.32 Å². The molecule has 0 fully saturated rings. The van der Waals surface area contributed by atoms with Crippen molar-refractivity contribution < 1.29 is 24.2 Å². The summed E-state index contributed by atoms with van der Waals surface area (Å²) in [6.45, 7) is 1.81. The Balaban J connectivity index is 1.97. The Morgan fingerprint density at radius 2 is 1.77 bits per heavy atom. The minimum atomic E-state index is -1.36. The van der Waals surface area contributed by atoms with E-state index in [2.05, 4.69) is 10.6 Å². The van der Waals surface area contributed by atoms with E-state index in [0.29, 0.717) is 24.1 Å². The Labute approximate surface area is 174 Å². The number of hydrogen-bond acceptors (Lipinski definition) is 5. The summed E-state index contributed by atoms with van der Waals surface area (Å²) in [5.41, 5.74) is 2.44. The predicted molar refractivity (Wildman–Crippen MR) is 112 cm³/mol. The van der Waals surface area contributed by atoms with E-state index >= 15 is 0 Å². The van der Waals surface area contributed by atoms with Crippen molar-refractivity contribution in [2.75, 3.05) is 11.9 Å². The lowest BCUT2D eigenvalue weighted by Gasteiger charge is -2.22. The van der Waals surface area contributed by atoms with Crippen LogP contribution < -0.4 is 10.6 Å². The molecule has 3 rings (SSSR count). The molecule has 0 saturated heterocycles. The van der Waals surface area contributed by atoms with Crippen LogP contribution in [0.2, 0.25) is 0 Å². The van der Waals surface area contributed by atoms with Gasteiger partial charge >= 0.3 is 11.9 Å². The van der Waals surface area contributed by atoms with Crippen molar-refractivity contribution in [3.63, 3.8) is 0 Å². The average Bonchev–Trinajstić information content (AvgIpc) is 2.76. The van der Waals surface area contributed by atoms with Gasteiger partial charge in [0.2, 0.25) is 0 Å². The molecular weight excluding hydrogens is 384 g/mol. The van der Waals surface area contributed by atoms with Gasteiger partial charge in [-0.25, -0.2) is 9.59 Å². The molecule has 0 aromatic heterocycles. The van der Waals surface area contributed by atoms with E-state index in [1.54, 1.807) is 37.3 Å². The van der Waals surface area contributed by atoms with E-state index in [4.69, 9.17) is 4.74 Å². The van der Waals surface area contributed by atoms with Gasteiger partial charge in [-0.15, -0.1) is 0 Å². The van der Waals surface area contributed by atoms with E-state index in [1.165, 1.54) is 0 Å². The van der Waals surface area contributed by atoms with Gasteiger partial charge in [0.1, 0.15) is 5.70 Å². The highest BCUT2D eigenvalue weighted by Crippen LogP contribution is 2.28. The van der Waals surface area contributed by atoms with E-state index in [-0.39, 0.29) is 12.2 Å². The molecule has 0 radical (unpaired) electrons. The zero-order chi connectivity index (χ0) is 21.5. The van der Waals surface area contributed by atoms with Crippen LogP contribution in [-0.4, -0.2) is 29.6 Å². The zero-order valence-electron chi connectivity index (χ0n) is 16.5. The molecule has 30 heavy (non-hydrogen) atoms. The van der Waals surface area contributed by atoms with Crippen LogP contribution in [0, 0.1) is 0 Å². The maximum absolute atomic E-state index is 12.6. The van der Waals surface area contributed by atoms with Gasteiger partial charge in [-0.05, 0) is 49.6 Å². The number of carbonyl (C=O) groups is 3. The van der Waals surface area contributed by atoms with Gasteiger partial charge in [-0.3, -0.25) is 4.79 Å². The van der Waals surface area contributed by atoms with Gasteiger partial charge in [-0.1, -0.05) is 36.4 Å². The van der Waals surface area contributed by atoms with Gasteiger partial charge in [0.15, 0.2) is 0 Å². The van der Waals surface area contributed by atoms with Gasteiger partial charge in [0.05, 0.1) is 12.2 Å². The van der Waals surface area contributed by atoms with Crippen molar-refractivity contribution in [1.29, 1.82) is 0 Å². The maximum atomic E-state index is 12.6. The minimum absolute atomic E-state index is 0.0668. The second-order valence-corrected chi connectivity index (χ2v) is 6.58. The summed E-state index contributed by atoms with van der Waals surface area (Å²) in [6.07, 6.45) is 2.34. The molecular formula is C23H22N2O5. The van der Waals surface area contributed by atoms with Gasteiger partial charge in [-0.2, -0.15) is 0 Å². The fourth-order valence-corrected chi connectivity index (χ4v) is 3.10. The highest BCUT2D eigenvalue weighted by atomic mass is 16.5. The molecule has 0 atom stereocenters. The first-order valence-electron chi connectivity index (χ1n) is 9.56. The van der Waals surface area contributed by atoms with Crippen LogP contribution in [-0.2, 0) is 20.7 Å². The number of carboxylic acid groups (broad SMARTS) is 1. The number of aryl methyl sites for hydroxylation is 1. The lowest BCUT2D eigenvalue weighted by Crippen LogP contribution is -2.28. The number of nitrogens with one attached hydrogen (secondary N) is 2. The number of allylic oxidation sites excluding steroid dienone is 1. The highest BCUT2D eigenvalue weighted by molar-refractivity contribution is 6.02. The summed E-state index contributed by atoms with van der Waals surface area (Å²) < 4.78 is 5.13. The molecule has 2 aromatic rings. The lowest BCUT2D eigenvalue weighted by atomic mass is 9.98. The third-order valence-corrected chi connectivity index (χ3v) is 4.57. The number of esters is 1. The number of carboxylic acids is 1. The van der Waals surface area contributed by atoms with Crippen molar-refractivity contribution in [3.8, 4) is 0 Å². The number of ether oxygens (including phenoxy) is 1. The summed E-state index contributed by atoms with van der Waals surface area (Å²) in [5.74, 6) is -2.61. The number of fused-ring (bicyclic) bond motifs is 1. The van der Waals surface area contributed by atoms with Crippen LogP contribution in [0.3, 0.4) is 0 Å². The minimum Gasteiger partial charge on any atom is -0.477 e. The van der Waals surface area contributed by atoms with Crippen molar-refractivity contribution in [3.05, 3.63) is 88.8 Å². The Kier molecular flexibility index (Phi) is 6.64. The molecule has 7 heteroatoms. The van der Waals surface area contributed by atoms with Crippen molar-refractivity contribution in [2.24, 2.45) is 0 Å². The second-order valence-electron chi connectivity index (χ2n) is 6.58. The lowest BCUT2D eigenvalue weighted by molar-refractivity contribution is -0.138. The largest absolute Gasteiger partial charge is 0.477 e. The third kappa shape index (κ3) is 4.94. The highest BCUT2D eigenvalue weighted by Gasteiger charge is 2.22. The van der Waals surface area contributed by atoms with Crippen LogP contribution in [0.15, 0.2) is 77.6 Å². The van der Waals surface area contributed by atoms with Gasteiger partial charge in [0, 0.05) is 16.9 Å². The van der Waals surface area contributed by atoms with E-state index in [1.807, 2.05) is 24.3 Å². The van der Waals surface area contributed by atoms with Crippen LogP contribution in [0.1, 0.15) is 29.3 Å². The van der Waals surface area contributed by atoms with Crippen LogP contribution in [0.5, 0.6) is 0 Å². The summed E-state index contributed by atoms with van der Waals surface area (Å²) in [5, 5.41) is 15.2. The Morgan fingerprint density at radius 1 is 1.07 bits per heavy atom. The Morgan fingerprint density at radius 3 is 2.47 bits per heavy atom. The molecule has 2 aromatic carbocycles. The Bertz CT molecular complexity index is 1020. The SMILES string of the molecule is CCOC(=O)C(/C=C(/NC(=O)c1ccccc1)C(=O)O)=C1\CCc2ccccc2N1. The average molecular weight is 406 g/mol. The standard InChI is InChI=1S/C23H22N2O5/c1-2-30-23(29)17(19-13-12-15-8-6-7-11-18(15)24-19)14-20(22(27)28)25-21(26)16-9-4-3-5-10-16/h3-11,14,24H,2,12-13H2,1H3,(H,25,26)(H,27,28)/b19-17+,20-14+. The van der Waals surface area contributed by atoms with Crippen LogP contribution >= 0.6 is 0 Å². The number of hydrogen-bond donors (Lipinski definition) is 3. The molecule has 7 nitrogen and oxygen atoms in total. The molecule has 0 aliphatic carbocycles. The quantitative estimate of drug-likeness (QED) is 0.502. The number of rotatable bonds is 6. The van der Waals surface area contributed by atoms with E-state index in [9.17, 15) is 19.5 Å². The molecule has 154 valence electrons. The fraction of sp³-hybridized carbons (Fsp3) is 0.174. The first-order chi connectivity index (χ1) is 14.5. The number of aliphatic carboxylic acids is 1. The predicted octanol–water partition coefficient (Wildman–Crippen LogP) is 3.26. The van der Waals surface area contributed by atoms with Gasteiger partial charge in [0.25, 0.3) is 5.91 Å². The Hall–Kier alpha value is -3.87. The molecule has 0 saturated carbocycles. The summed E-state index contributed by atoms with van der Waals surface area (Å²) in [4.78, 5) is 36.8. The number of anilines is 1. The normalized spacial score (nSPS) is 14.8. The molecule has 1 heterocycles. The molecule has 1 aliphatic heterocycles. The van der Waals surface area contributed by atoms with Crippen LogP contribution in [0.25, 0.3) is 0 Å². The van der Waals surface area contributed by atoms with E-state index in [0.717, 1.165) is 17.3 Å². The monoisotopic (exact) mass is 406 g/mol. The summed E-state index contributed by atoms with van der Waals surface area (Å²) >= 11 is 0. The molecule has 1 amide bonds. The molecule has 0 unspecified atom stereocenters. The van der Waals surface area contributed by atoms with Crippen LogP contribution in [0.4, 0.5) is 5.69 Å². The first kappa shape index (κ1) is 20.9. The van der Waals surface area contributed by atoms with Crippen molar-refractivity contribution in [2.45, 2.75) is 19.8 Å². The number of amides is 1. The second kappa shape index (κ2) is 9.56. The van der Waals surface area contributed by atoms with Crippen molar-refractivity contribution >= 4 is 23.5 Å². The molecule has 0 bridgehead atoms. The summed E-state index contributed by atoms with van der Waals surface area (Å²) in [7, 11) is 0. The number of para-hydroxylation sites is 1. The topological polar surface area (TPSA) is 105 Å². The molecule has 0 spiro atoms. The zero-order valence-corrected chi connectivity index (χ0v) is 16.5. The first-order valence-corrected chi connectivity index (χ1v) is 9.56. The van der Waals surface area contributed by atoms with Gasteiger partial charge < -0.3 is 20.5 Å². The summed E-state index contributed by atoms with van der Waals surface area (Å²) in [6, 6.07) is 15.9. The van der Waals surface area contributed by atoms with E-state index < -0.39 is 23.5 Å². The number of carbonyl (C=O) groups excluding carboxylic acids is 2. The molecule has 1 aliphatic rings. The smallest absolute Gasteiger partial charge is 0.352 e. The fourth-order valence-electron chi connectivity index (χ4n) is 3.10. The number of benzene rings is 2. The third-order valence-electron chi connectivity index (χ3n) is 4.57. The maximum Gasteiger partial charge on any atom is 0.352 e.